The van der Waals surface area contributed by atoms with Crippen LogP contribution in [0, 0.1) is 0 Å². The Labute approximate surface area is 177 Å². The summed E-state index contributed by atoms with van der Waals surface area (Å²) in [5.74, 6) is 1.73. The molecule has 1 saturated heterocycles. The molecule has 1 aromatic heterocycles. The number of halogens is 1. The SMILES string of the molecule is CNC(Cc1ccc(Cl)cc1)C(=O)N1CCN(c2ncnc3c2C(C)CC3)CC1. The predicted molar refractivity (Wildman–Crippen MR) is 116 cm³/mol. The van der Waals surface area contributed by atoms with Crippen molar-refractivity contribution in [1.29, 1.82) is 0 Å². The standard InChI is InChI=1S/C22H28ClN5O/c1-15-3-8-18-20(15)21(26-14-25-18)27-9-11-28(12-10-27)22(29)19(24-2)13-16-4-6-17(23)7-5-16/h4-7,14-15,19,24H,3,8-13H2,1-2H3. The molecule has 0 bridgehead atoms. The van der Waals surface area contributed by atoms with Gasteiger partial charge in [-0.15, -0.1) is 0 Å². The lowest BCUT2D eigenvalue weighted by molar-refractivity contribution is -0.133. The van der Waals surface area contributed by atoms with Crippen LogP contribution in [-0.2, 0) is 17.6 Å². The van der Waals surface area contributed by atoms with Crippen molar-refractivity contribution in [3.8, 4) is 0 Å². The molecule has 0 radical (unpaired) electrons. The Morgan fingerprint density at radius 1 is 1.21 bits per heavy atom. The highest BCUT2D eigenvalue weighted by atomic mass is 35.5. The van der Waals surface area contributed by atoms with Gasteiger partial charge in [-0.2, -0.15) is 0 Å². The van der Waals surface area contributed by atoms with Gasteiger partial charge in [0.15, 0.2) is 0 Å². The van der Waals surface area contributed by atoms with Gasteiger partial charge in [0.2, 0.25) is 5.91 Å². The number of hydrogen-bond acceptors (Lipinski definition) is 5. The first-order valence-electron chi connectivity index (χ1n) is 10.4. The maximum atomic E-state index is 13.1. The van der Waals surface area contributed by atoms with Gasteiger partial charge in [0.05, 0.1) is 6.04 Å². The number of aryl methyl sites for hydroxylation is 1. The first-order chi connectivity index (χ1) is 14.1. The lowest BCUT2D eigenvalue weighted by Crippen LogP contribution is -2.54. The number of aromatic nitrogens is 2. The third kappa shape index (κ3) is 4.23. The Morgan fingerprint density at radius 3 is 2.62 bits per heavy atom. The summed E-state index contributed by atoms with van der Waals surface area (Å²) in [5.41, 5.74) is 3.61. The molecule has 1 fully saturated rings. The van der Waals surface area contributed by atoms with Gasteiger partial charge in [-0.1, -0.05) is 30.7 Å². The summed E-state index contributed by atoms with van der Waals surface area (Å²) in [4.78, 5) is 26.4. The van der Waals surface area contributed by atoms with Crippen LogP contribution >= 0.6 is 11.6 Å². The van der Waals surface area contributed by atoms with Gasteiger partial charge in [-0.3, -0.25) is 4.79 Å². The average Bonchev–Trinajstić information content (AvgIpc) is 3.14. The molecule has 29 heavy (non-hydrogen) atoms. The van der Waals surface area contributed by atoms with E-state index in [-0.39, 0.29) is 11.9 Å². The van der Waals surface area contributed by atoms with Gasteiger partial charge in [-0.05, 0) is 49.9 Å². The fourth-order valence-corrected chi connectivity index (χ4v) is 4.53. The summed E-state index contributed by atoms with van der Waals surface area (Å²) < 4.78 is 0. The molecule has 154 valence electrons. The third-order valence-electron chi connectivity index (χ3n) is 6.14. The lowest BCUT2D eigenvalue weighted by atomic mass is 10.0. The number of fused-ring (bicyclic) bond motifs is 1. The number of rotatable bonds is 5. The van der Waals surface area contributed by atoms with E-state index in [9.17, 15) is 4.79 Å². The molecule has 6 nitrogen and oxygen atoms in total. The molecule has 4 rings (SSSR count). The molecule has 2 atom stereocenters. The molecule has 1 amide bonds. The number of nitrogens with zero attached hydrogens (tertiary/aromatic N) is 4. The van der Waals surface area contributed by atoms with Crippen LogP contribution in [0.1, 0.15) is 36.1 Å². The second-order valence-electron chi connectivity index (χ2n) is 7.98. The fraction of sp³-hybridized carbons (Fsp3) is 0.500. The van der Waals surface area contributed by atoms with Gasteiger partial charge in [-0.25, -0.2) is 9.97 Å². The summed E-state index contributed by atoms with van der Waals surface area (Å²) >= 11 is 5.97. The van der Waals surface area contributed by atoms with E-state index in [4.69, 9.17) is 11.6 Å². The number of carbonyl (C=O) groups excluding carboxylic acids is 1. The van der Waals surface area contributed by atoms with Crippen molar-refractivity contribution in [3.63, 3.8) is 0 Å². The third-order valence-corrected chi connectivity index (χ3v) is 6.39. The minimum atomic E-state index is -0.231. The molecule has 1 N–H and O–H groups in total. The van der Waals surface area contributed by atoms with Crippen LogP contribution in [0.15, 0.2) is 30.6 Å². The number of amides is 1. The van der Waals surface area contributed by atoms with Gasteiger partial charge < -0.3 is 15.1 Å². The Hall–Kier alpha value is -2.18. The average molecular weight is 414 g/mol. The van der Waals surface area contributed by atoms with Gasteiger partial charge >= 0.3 is 0 Å². The van der Waals surface area contributed by atoms with Crippen LogP contribution in [-0.4, -0.2) is 60.0 Å². The van der Waals surface area contributed by atoms with E-state index in [1.54, 1.807) is 6.33 Å². The van der Waals surface area contributed by atoms with Crippen LogP contribution in [0.5, 0.6) is 0 Å². The van der Waals surface area contributed by atoms with E-state index in [0.29, 0.717) is 30.5 Å². The van der Waals surface area contributed by atoms with Crippen molar-refractivity contribution >= 4 is 23.3 Å². The number of hydrogen-bond donors (Lipinski definition) is 1. The second-order valence-corrected chi connectivity index (χ2v) is 8.42. The molecular formula is C22H28ClN5O. The van der Waals surface area contributed by atoms with Crippen LogP contribution in [0.3, 0.4) is 0 Å². The smallest absolute Gasteiger partial charge is 0.240 e. The number of carbonyl (C=O) groups is 1. The minimum Gasteiger partial charge on any atom is -0.353 e. The number of anilines is 1. The van der Waals surface area contributed by atoms with Gasteiger partial charge in [0, 0.05) is 42.5 Å². The summed E-state index contributed by atoms with van der Waals surface area (Å²) in [5, 5.41) is 3.90. The van der Waals surface area contributed by atoms with Gasteiger partial charge in [0.25, 0.3) is 0 Å². The zero-order valence-corrected chi connectivity index (χ0v) is 17.8. The zero-order valence-electron chi connectivity index (χ0n) is 17.1. The number of nitrogens with one attached hydrogen (secondary N) is 1. The van der Waals surface area contributed by atoms with Crippen molar-refractivity contribution in [2.45, 2.75) is 38.1 Å². The number of benzene rings is 1. The summed E-state index contributed by atoms with van der Waals surface area (Å²) in [6.07, 6.45) is 4.53. The molecular weight excluding hydrogens is 386 g/mol. The topological polar surface area (TPSA) is 61.4 Å². The zero-order chi connectivity index (χ0) is 20.4. The summed E-state index contributed by atoms with van der Waals surface area (Å²) in [6, 6.07) is 7.47. The molecule has 7 heteroatoms. The fourth-order valence-electron chi connectivity index (χ4n) is 4.40. The largest absolute Gasteiger partial charge is 0.353 e. The molecule has 1 aromatic carbocycles. The normalized spacial score (nSPS) is 19.9. The molecule has 1 aliphatic carbocycles. The Kier molecular flexibility index (Phi) is 6.01. The molecule has 2 unspecified atom stereocenters. The van der Waals surface area contributed by atoms with Crippen molar-refractivity contribution < 1.29 is 4.79 Å². The first kappa shape index (κ1) is 20.1. The maximum absolute atomic E-state index is 13.1. The van der Waals surface area contributed by atoms with E-state index >= 15 is 0 Å². The highest BCUT2D eigenvalue weighted by Gasteiger charge is 2.31. The van der Waals surface area contributed by atoms with E-state index in [2.05, 4.69) is 27.1 Å². The molecule has 1 aliphatic heterocycles. The number of likely N-dealkylation sites (N-methyl/N-ethyl adjacent to an activating group) is 1. The van der Waals surface area contributed by atoms with E-state index in [0.717, 1.165) is 37.3 Å². The Balaban J connectivity index is 1.39. The number of piperazine rings is 1. The monoisotopic (exact) mass is 413 g/mol. The van der Waals surface area contributed by atoms with Crippen molar-refractivity contribution in [2.24, 2.45) is 0 Å². The van der Waals surface area contributed by atoms with Crippen LogP contribution < -0.4 is 10.2 Å². The quantitative estimate of drug-likeness (QED) is 0.816. The van der Waals surface area contributed by atoms with Crippen LogP contribution in [0.2, 0.25) is 5.02 Å². The maximum Gasteiger partial charge on any atom is 0.240 e. The molecule has 2 heterocycles. The van der Waals surface area contributed by atoms with Gasteiger partial charge in [0.1, 0.15) is 12.1 Å². The highest BCUT2D eigenvalue weighted by molar-refractivity contribution is 6.30. The first-order valence-corrected chi connectivity index (χ1v) is 10.7. The van der Waals surface area contributed by atoms with Crippen LogP contribution in [0.25, 0.3) is 0 Å². The molecule has 2 aromatic rings. The highest BCUT2D eigenvalue weighted by Crippen LogP contribution is 2.37. The Bertz CT molecular complexity index is 864. The summed E-state index contributed by atoms with van der Waals surface area (Å²) in [6.45, 7) is 5.29. The van der Waals surface area contributed by atoms with E-state index < -0.39 is 0 Å². The second kappa shape index (κ2) is 8.67. The van der Waals surface area contributed by atoms with E-state index in [1.165, 1.54) is 11.3 Å². The molecule has 0 saturated carbocycles. The van der Waals surface area contributed by atoms with Crippen molar-refractivity contribution in [3.05, 3.63) is 52.4 Å². The minimum absolute atomic E-state index is 0.156. The lowest BCUT2D eigenvalue weighted by Gasteiger charge is -2.37. The van der Waals surface area contributed by atoms with Crippen molar-refractivity contribution in [2.75, 3.05) is 38.1 Å². The predicted octanol–water partition coefficient (Wildman–Crippen LogP) is 2.66. The van der Waals surface area contributed by atoms with E-state index in [1.807, 2.05) is 36.2 Å². The molecule has 2 aliphatic rings. The van der Waals surface area contributed by atoms with Crippen molar-refractivity contribution in [1.82, 2.24) is 20.2 Å². The summed E-state index contributed by atoms with van der Waals surface area (Å²) in [7, 11) is 1.85. The Morgan fingerprint density at radius 2 is 1.93 bits per heavy atom. The molecule has 0 spiro atoms. The van der Waals surface area contributed by atoms with Crippen LogP contribution in [0.4, 0.5) is 5.82 Å².